The number of benzene rings is 2. The molecule has 0 saturated heterocycles. The second-order valence-electron chi connectivity index (χ2n) is 4.56. The van der Waals surface area contributed by atoms with Crippen LogP contribution in [-0.4, -0.2) is 29.1 Å². The fourth-order valence-corrected chi connectivity index (χ4v) is 2.86. The van der Waals surface area contributed by atoms with Crippen molar-refractivity contribution in [2.24, 2.45) is 0 Å². The van der Waals surface area contributed by atoms with Gasteiger partial charge in [-0.2, -0.15) is 0 Å². The Kier molecular flexibility index (Phi) is 5.79. The van der Waals surface area contributed by atoms with Crippen LogP contribution >= 0.6 is 27.5 Å². The normalized spacial score (nSPS) is 10.4. The Balaban J connectivity index is 2.23. The van der Waals surface area contributed by atoms with E-state index in [9.17, 15) is 9.90 Å². The fraction of sp³-hybridized carbons (Fsp3) is 0.188. The van der Waals surface area contributed by atoms with Gasteiger partial charge in [0.2, 0.25) is 0 Å². The first-order chi connectivity index (χ1) is 10.1. The van der Waals surface area contributed by atoms with Crippen molar-refractivity contribution in [1.82, 2.24) is 4.90 Å². The summed E-state index contributed by atoms with van der Waals surface area (Å²) in [6.45, 7) is 0.655. The maximum atomic E-state index is 12.6. The van der Waals surface area contributed by atoms with Gasteiger partial charge in [-0.25, -0.2) is 0 Å². The SMILES string of the molecule is O=C(c1ccc(Cl)cc1Br)N(CCO)Cc1ccccc1. The summed E-state index contributed by atoms with van der Waals surface area (Å²) >= 11 is 9.26. The summed E-state index contributed by atoms with van der Waals surface area (Å²) in [7, 11) is 0. The number of carbonyl (C=O) groups excluding carboxylic acids is 1. The standard InChI is InChI=1S/C16H15BrClNO2/c17-15-10-13(18)6-7-14(15)16(21)19(8-9-20)11-12-4-2-1-3-5-12/h1-7,10,20H,8-9,11H2. The van der Waals surface area contributed by atoms with Gasteiger partial charge in [0.15, 0.2) is 0 Å². The Labute approximate surface area is 137 Å². The number of aliphatic hydroxyl groups excluding tert-OH is 1. The molecule has 1 amide bonds. The number of nitrogens with zero attached hydrogens (tertiary/aromatic N) is 1. The molecule has 0 atom stereocenters. The molecule has 0 aliphatic carbocycles. The van der Waals surface area contributed by atoms with Crippen LogP contribution in [0, 0.1) is 0 Å². The summed E-state index contributed by atoms with van der Waals surface area (Å²) in [5.74, 6) is -0.142. The number of hydrogen-bond donors (Lipinski definition) is 1. The highest BCUT2D eigenvalue weighted by molar-refractivity contribution is 9.10. The molecule has 0 radical (unpaired) electrons. The van der Waals surface area contributed by atoms with E-state index in [0.717, 1.165) is 5.56 Å². The Morgan fingerprint density at radius 2 is 1.90 bits per heavy atom. The third-order valence-electron chi connectivity index (χ3n) is 3.03. The summed E-state index contributed by atoms with van der Waals surface area (Å²) in [6, 6.07) is 14.7. The number of aliphatic hydroxyl groups is 1. The number of amides is 1. The van der Waals surface area contributed by atoms with Crippen LogP contribution in [0.25, 0.3) is 0 Å². The van der Waals surface area contributed by atoms with E-state index < -0.39 is 0 Å². The molecule has 110 valence electrons. The van der Waals surface area contributed by atoms with E-state index in [2.05, 4.69) is 15.9 Å². The maximum Gasteiger partial charge on any atom is 0.255 e. The van der Waals surface area contributed by atoms with Gasteiger partial charge in [-0.1, -0.05) is 41.9 Å². The second-order valence-corrected chi connectivity index (χ2v) is 5.85. The number of rotatable bonds is 5. The minimum absolute atomic E-state index is 0.0796. The van der Waals surface area contributed by atoms with Gasteiger partial charge in [0.1, 0.15) is 0 Å². The highest BCUT2D eigenvalue weighted by Crippen LogP contribution is 2.23. The molecular weight excluding hydrogens is 354 g/mol. The van der Waals surface area contributed by atoms with E-state index >= 15 is 0 Å². The van der Waals surface area contributed by atoms with Gasteiger partial charge in [-0.05, 0) is 39.7 Å². The van der Waals surface area contributed by atoms with Gasteiger partial charge in [0.05, 0.1) is 12.2 Å². The molecule has 2 rings (SSSR count). The minimum atomic E-state index is -0.142. The number of halogens is 2. The molecular formula is C16H15BrClNO2. The van der Waals surface area contributed by atoms with Crippen LogP contribution in [-0.2, 0) is 6.54 Å². The molecule has 0 spiro atoms. The summed E-state index contributed by atoms with van der Waals surface area (Å²) in [4.78, 5) is 14.2. The zero-order valence-electron chi connectivity index (χ0n) is 11.3. The van der Waals surface area contributed by atoms with Crippen LogP contribution in [0.4, 0.5) is 0 Å². The van der Waals surface area contributed by atoms with Crippen molar-refractivity contribution in [2.45, 2.75) is 6.54 Å². The Morgan fingerprint density at radius 1 is 1.19 bits per heavy atom. The third kappa shape index (κ3) is 4.30. The summed E-state index contributed by atoms with van der Waals surface area (Å²) < 4.78 is 0.649. The van der Waals surface area contributed by atoms with Crippen molar-refractivity contribution in [3.63, 3.8) is 0 Å². The largest absolute Gasteiger partial charge is 0.395 e. The third-order valence-corrected chi connectivity index (χ3v) is 3.93. The van der Waals surface area contributed by atoms with E-state index in [4.69, 9.17) is 11.6 Å². The van der Waals surface area contributed by atoms with E-state index in [1.165, 1.54) is 0 Å². The molecule has 1 N–H and O–H groups in total. The molecule has 0 heterocycles. The van der Waals surface area contributed by atoms with Crippen LogP contribution in [0.2, 0.25) is 5.02 Å². The van der Waals surface area contributed by atoms with Gasteiger partial charge in [-0.3, -0.25) is 4.79 Å². The van der Waals surface area contributed by atoms with Crippen LogP contribution in [0.15, 0.2) is 53.0 Å². The average molecular weight is 369 g/mol. The molecule has 21 heavy (non-hydrogen) atoms. The van der Waals surface area contributed by atoms with E-state index in [0.29, 0.717) is 21.6 Å². The van der Waals surface area contributed by atoms with Crippen molar-refractivity contribution < 1.29 is 9.90 Å². The predicted molar refractivity (Wildman–Crippen MR) is 87.4 cm³/mol. The summed E-state index contributed by atoms with van der Waals surface area (Å²) in [5, 5.41) is 9.76. The smallest absolute Gasteiger partial charge is 0.255 e. The number of hydrogen-bond acceptors (Lipinski definition) is 2. The zero-order valence-corrected chi connectivity index (χ0v) is 13.6. The van der Waals surface area contributed by atoms with E-state index in [1.54, 1.807) is 23.1 Å². The molecule has 0 fully saturated rings. The number of carbonyl (C=O) groups is 1. The van der Waals surface area contributed by atoms with Gasteiger partial charge in [0, 0.05) is 22.6 Å². The molecule has 3 nitrogen and oxygen atoms in total. The van der Waals surface area contributed by atoms with Gasteiger partial charge in [-0.15, -0.1) is 0 Å². The molecule has 0 aliphatic heterocycles. The van der Waals surface area contributed by atoms with Gasteiger partial charge >= 0.3 is 0 Å². The Hall–Kier alpha value is -1.36. The highest BCUT2D eigenvalue weighted by Gasteiger charge is 2.18. The second kappa shape index (κ2) is 7.59. The first-order valence-electron chi connectivity index (χ1n) is 6.51. The van der Waals surface area contributed by atoms with Crippen LogP contribution in [0.5, 0.6) is 0 Å². The monoisotopic (exact) mass is 367 g/mol. The quantitative estimate of drug-likeness (QED) is 0.873. The van der Waals surface area contributed by atoms with Crippen molar-refractivity contribution in [3.05, 3.63) is 69.2 Å². The lowest BCUT2D eigenvalue weighted by atomic mass is 10.1. The molecule has 2 aromatic carbocycles. The van der Waals surface area contributed by atoms with Gasteiger partial charge in [0.25, 0.3) is 5.91 Å². The fourth-order valence-electron chi connectivity index (χ4n) is 2.01. The molecule has 2 aromatic rings. The van der Waals surface area contributed by atoms with Crippen LogP contribution in [0.1, 0.15) is 15.9 Å². The van der Waals surface area contributed by atoms with Gasteiger partial charge < -0.3 is 10.0 Å². The zero-order chi connectivity index (χ0) is 15.2. The summed E-state index contributed by atoms with van der Waals surface area (Å²) in [6.07, 6.45) is 0. The minimum Gasteiger partial charge on any atom is -0.395 e. The van der Waals surface area contributed by atoms with E-state index in [1.807, 2.05) is 30.3 Å². The molecule has 0 saturated carbocycles. The predicted octanol–water partition coefficient (Wildman–Crippen LogP) is 3.74. The topological polar surface area (TPSA) is 40.5 Å². The van der Waals surface area contributed by atoms with Crippen molar-refractivity contribution in [3.8, 4) is 0 Å². The molecule has 0 aromatic heterocycles. The van der Waals surface area contributed by atoms with Crippen LogP contribution < -0.4 is 0 Å². The Bertz CT molecular complexity index is 619. The molecule has 0 aliphatic rings. The molecule has 0 unspecified atom stereocenters. The molecule has 0 bridgehead atoms. The van der Waals surface area contributed by atoms with Crippen molar-refractivity contribution >= 4 is 33.4 Å². The lowest BCUT2D eigenvalue weighted by Gasteiger charge is -2.22. The average Bonchev–Trinajstić information content (AvgIpc) is 2.47. The molecule has 5 heteroatoms. The Morgan fingerprint density at radius 3 is 2.52 bits per heavy atom. The lowest BCUT2D eigenvalue weighted by Crippen LogP contribution is -2.33. The first-order valence-corrected chi connectivity index (χ1v) is 7.68. The maximum absolute atomic E-state index is 12.6. The van der Waals surface area contributed by atoms with Crippen molar-refractivity contribution in [1.29, 1.82) is 0 Å². The highest BCUT2D eigenvalue weighted by atomic mass is 79.9. The summed E-state index contributed by atoms with van der Waals surface area (Å²) in [5.41, 5.74) is 1.55. The van der Waals surface area contributed by atoms with E-state index in [-0.39, 0.29) is 19.1 Å². The van der Waals surface area contributed by atoms with Crippen LogP contribution in [0.3, 0.4) is 0 Å². The van der Waals surface area contributed by atoms with Crippen molar-refractivity contribution in [2.75, 3.05) is 13.2 Å². The lowest BCUT2D eigenvalue weighted by molar-refractivity contribution is 0.0707. The first kappa shape index (κ1) is 16.0.